The van der Waals surface area contributed by atoms with Crippen LogP contribution in [0.2, 0.25) is 0 Å². The summed E-state index contributed by atoms with van der Waals surface area (Å²) in [5.41, 5.74) is 2.32. The minimum Gasteiger partial charge on any atom is -0.497 e. The lowest BCUT2D eigenvalue weighted by molar-refractivity contribution is 0.0781. The highest BCUT2D eigenvalue weighted by molar-refractivity contribution is 5.96. The fourth-order valence-electron chi connectivity index (χ4n) is 3.40. The highest BCUT2D eigenvalue weighted by atomic mass is 16.5. The maximum Gasteiger partial charge on any atom is 0.278 e. The van der Waals surface area contributed by atoms with Crippen LogP contribution in [0.25, 0.3) is 11.0 Å². The topological polar surface area (TPSA) is 75.5 Å². The van der Waals surface area contributed by atoms with E-state index in [0.29, 0.717) is 24.1 Å². The Morgan fingerprint density at radius 1 is 1.15 bits per heavy atom. The third kappa shape index (κ3) is 2.94. The van der Waals surface area contributed by atoms with Gasteiger partial charge in [0.05, 0.1) is 18.1 Å². The van der Waals surface area contributed by atoms with Gasteiger partial charge in [0.1, 0.15) is 5.75 Å². The number of aromatic hydroxyl groups is 1. The second kappa shape index (κ2) is 6.63. The van der Waals surface area contributed by atoms with Crippen molar-refractivity contribution in [2.24, 2.45) is 0 Å². The third-order valence-corrected chi connectivity index (χ3v) is 4.80. The Morgan fingerprint density at radius 3 is 2.69 bits per heavy atom. The van der Waals surface area contributed by atoms with Gasteiger partial charge < -0.3 is 14.7 Å². The monoisotopic (exact) mass is 349 g/mol. The van der Waals surface area contributed by atoms with Gasteiger partial charge in [-0.15, -0.1) is 0 Å². The van der Waals surface area contributed by atoms with Gasteiger partial charge in [0.2, 0.25) is 5.88 Å². The second-order valence-electron chi connectivity index (χ2n) is 6.40. The lowest BCUT2D eigenvalue weighted by Gasteiger charge is -2.17. The minimum atomic E-state index is -0.321. The molecule has 1 saturated heterocycles. The van der Waals surface area contributed by atoms with Crippen molar-refractivity contribution in [3.8, 4) is 11.6 Å². The van der Waals surface area contributed by atoms with Gasteiger partial charge in [-0.05, 0) is 36.2 Å². The predicted octanol–water partition coefficient (Wildman–Crippen LogP) is 2.97. The van der Waals surface area contributed by atoms with E-state index in [-0.39, 0.29) is 23.4 Å². The Hall–Kier alpha value is -3.15. The van der Waals surface area contributed by atoms with Crippen LogP contribution >= 0.6 is 0 Å². The van der Waals surface area contributed by atoms with Gasteiger partial charge in [-0.2, -0.15) is 0 Å². The Bertz CT molecular complexity index is 973. The van der Waals surface area contributed by atoms with Gasteiger partial charge in [0, 0.05) is 19.0 Å². The number of rotatable bonds is 3. The number of methoxy groups -OCH3 is 1. The van der Waals surface area contributed by atoms with E-state index in [1.54, 1.807) is 24.1 Å². The molecule has 1 aromatic heterocycles. The first-order chi connectivity index (χ1) is 12.7. The van der Waals surface area contributed by atoms with Gasteiger partial charge in [0.25, 0.3) is 5.91 Å². The smallest absolute Gasteiger partial charge is 0.278 e. The number of aromatic nitrogens is 2. The van der Waals surface area contributed by atoms with Gasteiger partial charge in [-0.3, -0.25) is 4.79 Å². The molecule has 1 aliphatic rings. The summed E-state index contributed by atoms with van der Waals surface area (Å²) in [5, 5.41) is 10.2. The standard InChI is InChI=1S/C20H19N3O3/c1-26-15-6-4-5-13(11-15)14-9-10-23(12-14)20(25)18-19(24)22-17-8-3-2-7-16(17)21-18/h2-8,11,14H,9-10,12H2,1H3,(H,22,24). The van der Waals surface area contributed by atoms with Gasteiger partial charge in [0.15, 0.2) is 5.69 Å². The summed E-state index contributed by atoms with van der Waals surface area (Å²) in [6.07, 6.45) is 0.862. The normalized spacial score (nSPS) is 16.8. The average molecular weight is 349 g/mol. The van der Waals surface area contributed by atoms with Crippen LogP contribution in [0.1, 0.15) is 28.4 Å². The van der Waals surface area contributed by atoms with Crippen molar-refractivity contribution in [2.75, 3.05) is 20.2 Å². The fourth-order valence-corrected chi connectivity index (χ4v) is 3.40. The van der Waals surface area contributed by atoms with Crippen LogP contribution in [0, 0.1) is 0 Å². The summed E-state index contributed by atoms with van der Waals surface area (Å²) in [6.45, 7) is 1.20. The Labute approximate surface area is 151 Å². The Kier molecular flexibility index (Phi) is 4.16. The van der Waals surface area contributed by atoms with Crippen LogP contribution in [0.15, 0.2) is 48.5 Å². The number of hydrogen-bond acceptors (Lipinski definition) is 5. The molecule has 3 aromatic rings. The molecular formula is C20H19N3O3. The van der Waals surface area contributed by atoms with Crippen LogP contribution in [0.4, 0.5) is 0 Å². The molecule has 1 fully saturated rings. The van der Waals surface area contributed by atoms with Gasteiger partial charge in [-0.25, -0.2) is 9.97 Å². The molecule has 1 aliphatic heterocycles. The number of likely N-dealkylation sites (tertiary alicyclic amines) is 1. The third-order valence-electron chi connectivity index (χ3n) is 4.80. The van der Waals surface area contributed by atoms with Crippen LogP contribution in [0.3, 0.4) is 0 Å². The van der Waals surface area contributed by atoms with E-state index in [1.807, 2.05) is 30.3 Å². The summed E-state index contributed by atoms with van der Waals surface area (Å²) < 4.78 is 5.28. The summed E-state index contributed by atoms with van der Waals surface area (Å²) in [7, 11) is 1.64. The Morgan fingerprint density at radius 2 is 1.92 bits per heavy atom. The zero-order valence-electron chi connectivity index (χ0n) is 14.4. The SMILES string of the molecule is COc1cccc(C2CCN(C(=O)c3nc4ccccc4nc3O)C2)c1. The number of para-hydroxylation sites is 2. The highest BCUT2D eigenvalue weighted by Crippen LogP contribution is 2.31. The van der Waals surface area contributed by atoms with E-state index in [1.165, 1.54) is 0 Å². The average Bonchev–Trinajstić information content (AvgIpc) is 3.17. The lowest BCUT2D eigenvalue weighted by Crippen LogP contribution is -2.29. The van der Waals surface area contributed by atoms with E-state index in [2.05, 4.69) is 16.0 Å². The number of ether oxygens (including phenoxy) is 1. The number of nitrogens with zero attached hydrogens (tertiary/aromatic N) is 3. The van der Waals surface area contributed by atoms with Gasteiger partial charge >= 0.3 is 0 Å². The van der Waals surface area contributed by atoms with E-state index in [0.717, 1.165) is 17.7 Å². The van der Waals surface area contributed by atoms with Crippen molar-refractivity contribution in [1.29, 1.82) is 0 Å². The molecule has 6 heteroatoms. The van der Waals surface area contributed by atoms with Crippen molar-refractivity contribution in [3.05, 3.63) is 59.8 Å². The molecule has 1 amide bonds. The van der Waals surface area contributed by atoms with Crippen molar-refractivity contribution < 1.29 is 14.6 Å². The summed E-state index contributed by atoms with van der Waals surface area (Å²) in [6, 6.07) is 15.1. The minimum absolute atomic E-state index is 0.00925. The number of amides is 1. The molecule has 132 valence electrons. The van der Waals surface area contributed by atoms with Crippen molar-refractivity contribution in [3.63, 3.8) is 0 Å². The highest BCUT2D eigenvalue weighted by Gasteiger charge is 2.30. The molecule has 0 saturated carbocycles. The first kappa shape index (κ1) is 16.3. The number of fused-ring (bicyclic) bond motifs is 1. The first-order valence-electron chi connectivity index (χ1n) is 8.54. The molecule has 2 aromatic carbocycles. The van der Waals surface area contributed by atoms with E-state index >= 15 is 0 Å². The molecule has 1 N–H and O–H groups in total. The maximum atomic E-state index is 12.9. The van der Waals surface area contributed by atoms with E-state index in [4.69, 9.17) is 4.74 Å². The number of carbonyl (C=O) groups is 1. The molecule has 0 aliphatic carbocycles. The predicted molar refractivity (Wildman–Crippen MR) is 97.5 cm³/mol. The number of hydrogen-bond donors (Lipinski definition) is 1. The molecule has 2 heterocycles. The molecular weight excluding hydrogens is 330 g/mol. The number of benzene rings is 2. The van der Waals surface area contributed by atoms with Gasteiger partial charge in [-0.1, -0.05) is 24.3 Å². The molecule has 1 atom stereocenters. The fraction of sp³-hybridized carbons (Fsp3) is 0.250. The van der Waals surface area contributed by atoms with Crippen LogP contribution in [-0.4, -0.2) is 46.1 Å². The van der Waals surface area contributed by atoms with Crippen LogP contribution < -0.4 is 4.74 Å². The largest absolute Gasteiger partial charge is 0.497 e. The number of carbonyl (C=O) groups excluding carboxylic acids is 1. The molecule has 4 rings (SSSR count). The van der Waals surface area contributed by atoms with Crippen molar-refractivity contribution in [1.82, 2.24) is 14.9 Å². The zero-order valence-corrected chi connectivity index (χ0v) is 14.4. The molecule has 0 radical (unpaired) electrons. The van der Waals surface area contributed by atoms with Crippen LogP contribution in [-0.2, 0) is 0 Å². The maximum absolute atomic E-state index is 12.9. The molecule has 0 spiro atoms. The molecule has 1 unspecified atom stereocenters. The molecule has 6 nitrogen and oxygen atoms in total. The van der Waals surface area contributed by atoms with Crippen LogP contribution in [0.5, 0.6) is 11.6 Å². The molecule has 0 bridgehead atoms. The summed E-state index contributed by atoms with van der Waals surface area (Å²) in [5.74, 6) is 0.444. The lowest BCUT2D eigenvalue weighted by atomic mass is 9.98. The second-order valence-corrected chi connectivity index (χ2v) is 6.40. The van der Waals surface area contributed by atoms with E-state index in [9.17, 15) is 9.90 Å². The summed E-state index contributed by atoms with van der Waals surface area (Å²) >= 11 is 0. The first-order valence-corrected chi connectivity index (χ1v) is 8.54. The summed E-state index contributed by atoms with van der Waals surface area (Å²) in [4.78, 5) is 23.0. The van der Waals surface area contributed by atoms with E-state index < -0.39 is 0 Å². The van der Waals surface area contributed by atoms with Crippen molar-refractivity contribution >= 4 is 16.9 Å². The quantitative estimate of drug-likeness (QED) is 0.787. The Balaban J connectivity index is 1.57. The molecule has 26 heavy (non-hydrogen) atoms. The van der Waals surface area contributed by atoms with Crippen molar-refractivity contribution in [2.45, 2.75) is 12.3 Å². The zero-order chi connectivity index (χ0) is 18.1.